The van der Waals surface area contributed by atoms with Crippen LogP contribution in [0.2, 0.25) is 0 Å². The van der Waals surface area contributed by atoms with Crippen molar-refractivity contribution in [3.63, 3.8) is 0 Å². The Morgan fingerprint density at radius 1 is 1.22 bits per heavy atom. The van der Waals surface area contributed by atoms with Crippen LogP contribution >= 0.6 is 0 Å². The Bertz CT molecular complexity index is 698. The summed E-state index contributed by atoms with van der Waals surface area (Å²) in [6, 6.07) is 12.3. The molecule has 0 N–H and O–H groups in total. The lowest BCUT2D eigenvalue weighted by Crippen LogP contribution is -2.33. The summed E-state index contributed by atoms with van der Waals surface area (Å²) >= 11 is 0. The molecule has 0 saturated carbocycles. The number of carbonyl (C=O) groups excluding carboxylic acids is 1. The van der Waals surface area contributed by atoms with Gasteiger partial charge in [0.15, 0.2) is 0 Å². The second-order valence-electron chi connectivity index (χ2n) is 5.17. The molecule has 1 aromatic carbocycles. The van der Waals surface area contributed by atoms with Gasteiger partial charge in [0.2, 0.25) is 0 Å². The molecule has 1 heterocycles. The van der Waals surface area contributed by atoms with Crippen LogP contribution in [0, 0.1) is 0 Å². The van der Waals surface area contributed by atoms with Crippen LogP contribution in [0.5, 0.6) is 5.75 Å². The summed E-state index contributed by atoms with van der Waals surface area (Å²) in [5, 5.41) is 4.12. The second kappa shape index (κ2) is 8.12. The van der Waals surface area contributed by atoms with Crippen molar-refractivity contribution in [1.29, 1.82) is 0 Å². The number of aromatic nitrogens is 2. The van der Waals surface area contributed by atoms with Crippen LogP contribution in [0.4, 0.5) is 0 Å². The zero-order valence-corrected chi connectivity index (χ0v) is 13.4. The van der Waals surface area contributed by atoms with Gasteiger partial charge >= 0.3 is 0 Å². The number of rotatable bonds is 7. The minimum Gasteiger partial charge on any atom is -0.492 e. The topological polar surface area (TPSA) is 64.4 Å². The molecule has 0 aliphatic heterocycles. The first kappa shape index (κ1) is 16.7. The summed E-state index contributed by atoms with van der Waals surface area (Å²) in [5.74, 6) is 0.537. The van der Waals surface area contributed by atoms with E-state index in [2.05, 4.69) is 5.10 Å². The van der Waals surface area contributed by atoms with Crippen LogP contribution in [-0.2, 0) is 6.54 Å². The van der Waals surface area contributed by atoms with Gasteiger partial charge in [-0.05, 0) is 24.6 Å². The van der Waals surface area contributed by atoms with Crippen molar-refractivity contribution in [2.45, 2.75) is 19.9 Å². The van der Waals surface area contributed by atoms with Crippen LogP contribution in [0.25, 0.3) is 0 Å². The summed E-state index contributed by atoms with van der Waals surface area (Å²) in [5.41, 5.74) is 0.0683. The standard InChI is InChI=1S/C17H21N3O3/c1-3-11-20-16(21)10-9-15(18-20)17(22)19(2)12-13-23-14-7-5-4-6-8-14/h4-10H,3,11-13H2,1-2H3. The maximum Gasteiger partial charge on any atom is 0.274 e. The molecule has 0 aliphatic rings. The fourth-order valence-electron chi connectivity index (χ4n) is 2.05. The molecule has 1 aromatic heterocycles. The third kappa shape index (κ3) is 4.67. The van der Waals surface area contributed by atoms with E-state index in [9.17, 15) is 9.59 Å². The summed E-state index contributed by atoms with van der Waals surface area (Å²) in [7, 11) is 1.69. The van der Waals surface area contributed by atoms with Gasteiger partial charge in [0, 0.05) is 19.7 Å². The average Bonchev–Trinajstić information content (AvgIpc) is 2.57. The van der Waals surface area contributed by atoms with Crippen molar-refractivity contribution in [3.05, 3.63) is 58.5 Å². The minimum absolute atomic E-state index is 0.196. The summed E-state index contributed by atoms with van der Waals surface area (Å²) < 4.78 is 6.90. The lowest BCUT2D eigenvalue weighted by Gasteiger charge is -2.17. The van der Waals surface area contributed by atoms with E-state index < -0.39 is 0 Å². The maximum absolute atomic E-state index is 12.3. The molecule has 6 heteroatoms. The third-order valence-electron chi connectivity index (χ3n) is 3.31. The summed E-state index contributed by atoms with van der Waals surface area (Å²) in [6.45, 7) is 3.28. The molecule has 0 unspecified atom stereocenters. The number of carbonyl (C=O) groups is 1. The Kier molecular flexibility index (Phi) is 5.91. The van der Waals surface area contributed by atoms with Crippen LogP contribution in [-0.4, -0.2) is 40.8 Å². The molecule has 0 aliphatic carbocycles. The predicted octanol–water partition coefficient (Wildman–Crippen LogP) is 1.80. The van der Waals surface area contributed by atoms with Crippen molar-refractivity contribution in [2.24, 2.45) is 0 Å². The molecule has 122 valence electrons. The van der Waals surface area contributed by atoms with E-state index in [1.165, 1.54) is 21.7 Å². The quantitative estimate of drug-likeness (QED) is 0.781. The number of nitrogens with zero attached hydrogens (tertiary/aromatic N) is 3. The van der Waals surface area contributed by atoms with E-state index in [-0.39, 0.29) is 17.2 Å². The Hall–Kier alpha value is -2.63. The highest BCUT2D eigenvalue weighted by Gasteiger charge is 2.14. The van der Waals surface area contributed by atoms with E-state index in [1.807, 2.05) is 37.3 Å². The Morgan fingerprint density at radius 2 is 1.96 bits per heavy atom. The van der Waals surface area contributed by atoms with E-state index >= 15 is 0 Å². The number of ether oxygens (including phenoxy) is 1. The van der Waals surface area contributed by atoms with E-state index in [1.54, 1.807) is 7.05 Å². The molecule has 0 bridgehead atoms. The molecule has 2 aromatic rings. The Morgan fingerprint density at radius 3 is 2.65 bits per heavy atom. The molecule has 0 fully saturated rings. The van der Waals surface area contributed by atoms with E-state index in [4.69, 9.17) is 4.74 Å². The molecule has 0 spiro atoms. The molecular weight excluding hydrogens is 294 g/mol. The minimum atomic E-state index is -0.230. The van der Waals surface area contributed by atoms with Crippen molar-refractivity contribution >= 4 is 5.91 Å². The predicted molar refractivity (Wildman–Crippen MR) is 87.7 cm³/mol. The van der Waals surface area contributed by atoms with Crippen molar-refractivity contribution < 1.29 is 9.53 Å². The highest BCUT2D eigenvalue weighted by atomic mass is 16.5. The maximum atomic E-state index is 12.3. The first-order valence-electron chi connectivity index (χ1n) is 7.63. The van der Waals surface area contributed by atoms with E-state index in [0.717, 1.165) is 12.2 Å². The number of para-hydroxylation sites is 1. The summed E-state index contributed by atoms with van der Waals surface area (Å²) in [4.78, 5) is 25.5. The van der Waals surface area contributed by atoms with Crippen LogP contribution in [0.1, 0.15) is 23.8 Å². The van der Waals surface area contributed by atoms with Gasteiger partial charge in [-0.3, -0.25) is 9.59 Å². The number of likely N-dealkylation sites (N-methyl/N-ethyl adjacent to an activating group) is 1. The van der Waals surface area contributed by atoms with Gasteiger partial charge in [0.1, 0.15) is 18.1 Å². The van der Waals surface area contributed by atoms with Crippen LogP contribution in [0.3, 0.4) is 0 Å². The largest absolute Gasteiger partial charge is 0.492 e. The number of hydrogen-bond donors (Lipinski definition) is 0. The van der Waals surface area contributed by atoms with Crippen molar-refractivity contribution in [2.75, 3.05) is 20.2 Å². The van der Waals surface area contributed by atoms with E-state index in [0.29, 0.717) is 19.7 Å². The molecule has 23 heavy (non-hydrogen) atoms. The lowest BCUT2D eigenvalue weighted by molar-refractivity contribution is 0.0765. The number of aryl methyl sites for hydroxylation is 1. The average molecular weight is 315 g/mol. The fourth-order valence-corrected chi connectivity index (χ4v) is 2.05. The zero-order chi connectivity index (χ0) is 16.7. The molecule has 2 rings (SSSR count). The molecule has 0 atom stereocenters. The zero-order valence-electron chi connectivity index (χ0n) is 13.4. The Balaban J connectivity index is 1.94. The molecule has 0 radical (unpaired) electrons. The van der Waals surface area contributed by atoms with Crippen LogP contribution in [0.15, 0.2) is 47.3 Å². The van der Waals surface area contributed by atoms with Gasteiger partial charge in [0.05, 0.1) is 6.54 Å². The van der Waals surface area contributed by atoms with Gasteiger partial charge in [-0.25, -0.2) is 4.68 Å². The van der Waals surface area contributed by atoms with Gasteiger partial charge in [-0.2, -0.15) is 5.10 Å². The smallest absolute Gasteiger partial charge is 0.274 e. The highest BCUT2D eigenvalue weighted by molar-refractivity contribution is 5.91. The first-order chi connectivity index (χ1) is 11.1. The molecular formula is C17H21N3O3. The van der Waals surface area contributed by atoms with Gasteiger partial charge in [-0.1, -0.05) is 25.1 Å². The van der Waals surface area contributed by atoms with Gasteiger partial charge in [-0.15, -0.1) is 0 Å². The number of hydrogen-bond acceptors (Lipinski definition) is 4. The second-order valence-corrected chi connectivity index (χ2v) is 5.17. The fraction of sp³-hybridized carbons (Fsp3) is 0.353. The first-order valence-corrected chi connectivity index (χ1v) is 7.63. The lowest BCUT2D eigenvalue weighted by atomic mass is 10.3. The highest BCUT2D eigenvalue weighted by Crippen LogP contribution is 2.08. The van der Waals surface area contributed by atoms with Gasteiger partial charge < -0.3 is 9.64 Å². The number of benzene rings is 1. The van der Waals surface area contributed by atoms with Gasteiger partial charge in [0.25, 0.3) is 11.5 Å². The van der Waals surface area contributed by atoms with Crippen molar-refractivity contribution in [1.82, 2.24) is 14.7 Å². The third-order valence-corrected chi connectivity index (χ3v) is 3.31. The number of amides is 1. The molecule has 0 saturated heterocycles. The van der Waals surface area contributed by atoms with Crippen LogP contribution < -0.4 is 10.3 Å². The normalized spacial score (nSPS) is 10.3. The molecule has 1 amide bonds. The monoisotopic (exact) mass is 315 g/mol. The summed E-state index contributed by atoms with van der Waals surface area (Å²) in [6.07, 6.45) is 0.783. The SMILES string of the molecule is CCCn1nc(C(=O)N(C)CCOc2ccccc2)ccc1=O. The molecule has 6 nitrogen and oxygen atoms in total. The van der Waals surface area contributed by atoms with Crippen molar-refractivity contribution in [3.8, 4) is 5.75 Å². The Labute approximate surface area is 135 Å².